The molecule has 1 aliphatic heterocycles. The molecule has 1 saturated carbocycles. The number of rotatable bonds is 4. The van der Waals surface area contributed by atoms with Gasteiger partial charge in [0.25, 0.3) is 0 Å². The van der Waals surface area contributed by atoms with Crippen molar-refractivity contribution < 1.29 is 0 Å². The second-order valence-corrected chi connectivity index (χ2v) is 6.61. The number of allylic oxidation sites excluding steroid dienone is 1. The fraction of sp³-hybridized carbons (Fsp3) is 0.875. The molecule has 1 heterocycles. The van der Waals surface area contributed by atoms with Crippen LogP contribution in [0, 0.1) is 5.92 Å². The van der Waals surface area contributed by atoms with Crippen LogP contribution >= 0.6 is 0 Å². The summed E-state index contributed by atoms with van der Waals surface area (Å²) in [5, 5.41) is 3.82. The van der Waals surface area contributed by atoms with Crippen LogP contribution in [0.1, 0.15) is 52.9 Å². The Balaban J connectivity index is 2.00. The first-order valence-corrected chi connectivity index (χ1v) is 7.76. The van der Waals surface area contributed by atoms with Crippen molar-refractivity contribution in [2.75, 3.05) is 19.6 Å². The Morgan fingerprint density at radius 1 is 1.33 bits per heavy atom. The zero-order valence-corrected chi connectivity index (χ0v) is 12.4. The molecule has 1 spiro atoms. The zero-order valence-electron chi connectivity index (χ0n) is 12.4. The van der Waals surface area contributed by atoms with Crippen molar-refractivity contribution in [2.24, 2.45) is 5.92 Å². The highest BCUT2D eigenvalue weighted by atomic mass is 15.3. The van der Waals surface area contributed by atoms with Gasteiger partial charge in [0.2, 0.25) is 0 Å². The molecule has 0 aromatic carbocycles. The molecular formula is C16H30N2. The Labute approximate surface area is 113 Å². The molecule has 0 bridgehead atoms. The summed E-state index contributed by atoms with van der Waals surface area (Å²) >= 11 is 0. The minimum atomic E-state index is 0.479. The smallest absolute Gasteiger partial charge is 0.0338 e. The Kier molecular flexibility index (Phi) is 4.85. The van der Waals surface area contributed by atoms with Gasteiger partial charge in [-0.05, 0) is 32.1 Å². The van der Waals surface area contributed by atoms with Gasteiger partial charge in [-0.1, -0.05) is 38.8 Å². The molecule has 2 fully saturated rings. The molecule has 0 aromatic heterocycles. The summed E-state index contributed by atoms with van der Waals surface area (Å²) in [5.41, 5.74) is 0.479. The highest BCUT2D eigenvalue weighted by Crippen LogP contribution is 2.37. The molecule has 2 heteroatoms. The van der Waals surface area contributed by atoms with E-state index >= 15 is 0 Å². The Morgan fingerprint density at radius 2 is 2.06 bits per heavy atom. The van der Waals surface area contributed by atoms with Gasteiger partial charge in [-0.2, -0.15) is 0 Å². The van der Waals surface area contributed by atoms with Crippen molar-refractivity contribution >= 4 is 0 Å². The summed E-state index contributed by atoms with van der Waals surface area (Å²) < 4.78 is 0. The van der Waals surface area contributed by atoms with Crippen LogP contribution < -0.4 is 5.32 Å². The van der Waals surface area contributed by atoms with E-state index in [4.69, 9.17) is 0 Å². The molecule has 1 unspecified atom stereocenters. The Bertz CT molecular complexity index is 277. The van der Waals surface area contributed by atoms with Gasteiger partial charge in [-0.25, -0.2) is 0 Å². The maximum absolute atomic E-state index is 3.82. The first kappa shape index (κ1) is 14.1. The average molecular weight is 250 g/mol. The van der Waals surface area contributed by atoms with Crippen LogP contribution in [-0.4, -0.2) is 36.1 Å². The van der Waals surface area contributed by atoms with Crippen LogP contribution in [0.15, 0.2) is 12.2 Å². The predicted octanol–water partition coefficient (Wildman–Crippen LogP) is 3.20. The Morgan fingerprint density at radius 3 is 2.67 bits per heavy atom. The molecule has 1 atom stereocenters. The van der Waals surface area contributed by atoms with Crippen LogP contribution in [0.2, 0.25) is 0 Å². The molecule has 2 nitrogen and oxygen atoms in total. The van der Waals surface area contributed by atoms with Gasteiger partial charge in [0.1, 0.15) is 0 Å². The summed E-state index contributed by atoms with van der Waals surface area (Å²) in [5.74, 6) is 0.795. The monoisotopic (exact) mass is 250 g/mol. The van der Waals surface area contributed by atoms with E-state index in [2.05, 4.69) is 43.1 Å². The van der Waals surface area contributed by atoms with Gasteiger partial charge < -0.3 is 5.32 Å². The minimum Gasteiger partial charge on any atom is -0.311 e. The van der Waals surface area contributed by atoms with E-state index in [1.807, 2.05) is 0 Å². The van der Waals surface area contributed by atoms with Gasteiger partial charge in [0, 0.05) is 31.2 Å². The van der Waals surface area contributed by atoms with E-state index in [9.17, 15) is 0 Å². The molecule has 104 valence electrons. The largest absolute Gasteiger partial charge is 0.311 e. The maximum Gasteiger partial charge on any atom is 0.0338 e. The summed E-state index contributed by atoms with van der Waals surface area (Å²) in [6, 6.07) is 0.696. The topological polar surface area (TPSA) is 15.3 Å². The third-order valence-corrected chi connectivity index (χ3v) is 4.68. The first-order chi connectivity index (χ1) is 8.66. The number of hydrogen-bond acceptors (Lipinski definition) is 2. The molecule has 2 rings (SSSR count). The lowest BCUT2D eigenvalue weighted by molar-refractivity contribution is 0.0495. The van der Waals surface area contributed by atoms with Crippen molar-refractivity contribution in [3.05, 3.63) is 12.2 Å². The van der Waals surface area contributed by atoms with E-state index in [0.717, 1.165) is 12.5 Å². The van der Waals surface area contributed by atoms with Crippen LogP contribution in [0.25, 0.3) is 0 Å². The van der Waals surface area contributed by atoms with E-state index in [0.29, 0.717) is 11.6 Å². The number of hydrogen-bond donors (Lipinski definition) is 1. The average Bonchev–Trinajstić information content (AvgIpc) is 2.79. The molecule has 1 aliphatic carbocycles. The third kappa shape index (κ3) is 3.16. The fourth-order valence-corrected chi connectivity index (χ4v) is 3.72. The van der Waals surface area contributed by atoms with E-state index in [1.54, 1.807) is 0 Å². The Hall–Kier alpha value is -0.340. The van der Waals surface area contributed by atoms with Crippen molar-refractivity contribution in [1.82, 2.24) is 10.2 Å². The molecule has 0 aromatic rings. The lowest BCUT2D eigenvalue weighted by atomic mass is 9.89. The fourth-order valence-electron chi connectivity index (χ4n) is 3.72. The van der Waals surface area contributed by atoms with Crippen molar-refractivity contribution in [1.29, 1.82) is 0 Å². The zero-order chi connectivity index (χ0) is 13.0. The molecule has 2 aliphatic rings. The van der Waals surface area contributed by atoms with E-state index < -0.39 is 0 Å². The van der Waals surface area contributed by atoms with Gasteiger partial charge in [-0.15, -0.1) is 0 Å². The predicted molar refractivity (Wildman–Crippen MR) is 78.8 cm³/mol. The van der Waals surface area contributed by atoms with Crippen LogP contribution in [0.3, 0.4) is 0 Å². The standard InChI is InChI=1S/C16H30N2/c1-4-5-10-18-12-15(11-14(2)3)17-13-16(18)8-6-7-9-16/h4-5,14-15,17H,6-13H2,1-3H3/b5-4+. The first-order valence-electron chi connectivity index (χ1n) is 7.76. The van der Waals surface area contributed by atoms with Crippen LogP contribution in [0.4, 0.5) is 0 Å². The van der Waals surface area contributed by atoms with Crippen molar-refractivity contribution in [2.45, 2.75) is 64.5 Å². The third-order valence-electron chi connectivity index (χ3n) is 4.68. The normalized spacial score (nSPS) is 28.8. The highest BCUT2D eigenvalue weighted by Gasteiger charge is 2.42. The van der Waals surface area contributed by atoms with Crippen LogP contribution in [0.5, 0.6) is 0 Å². The summed E-state index contributed by atoms with van der Waals surface area (Å²) in [7, 11) is 0. The highest BCUT2D eigenvalue weighted by molar-refractivity contribution is 5.03. The van der Waals surface area contributed by atoms with Gasteiger partial charge >= 0.3 is 0 Å². The molecular weight excluding hydrogens is 220 g/mol. The summed E-state index contributed by atoms with van der Waals surface area (Å²) in [6.45, 7) is 10.4. The molecule has 18 heavy (non-hydrogen) atoms. The van der Waals surface area contributed by atoms with Crippen molar-refractivity contribution in [3.63, 3.8) is 0 Å². The van der Waals surface area contributed by atoms with Gasteiger partial charge in [0.15, 0.2) is 0 Å². The number of nitrogens with one attached hydrogen (secondary N) is 1. The maximum atomic E-state index is 3.82. The molecule has 0 amide bonds. The summed E-state index contributed by atoms with van der Waals surface area (Å²) in [4.78, 5) is 2.77. The SMILES string of the molecule is C/C=C/CN1CC(CC(C)C)NCC12CCCC2. The molecule has 1 N–H and O–H groups in total. The summed E-state index contributed by atoms with van der Waals surface area (Å²) in [6.07, 6.45) is 11.5. The van der Waals surface area contributed by atoms with E-state index in [-0.39, 0.29) is 0 Å². The lowest BCUT2D eigenvalue weighted by Gasteiger charge is -2.48. The number of piperazine rings is 1. The quantitative estimate of drug-likeness (QED) is 0.771. The van der Waals surface area contributed by atoms with Gasteiger partial charge in [0.05, 0.1) is 0 Å². The molecule has 0 radical (unpaired) electrons. The van der Waals surface area contributed by atoms with Crippen molar-refractivity contribution in [3.8, 4) is 0 Å². The second kappa shape index (κ2) is 6.21. The van der Waals surface area contributed by atoms with Gasteiger partial charge in [-0.3, -0.25) is 4.90 Å². The lowest BCUT2D eigenvalue weighted by Crippen LogP contribution is -2.63. The van der Waals surface area contributed by atoms with E-state index in [1.165, 1.54) is 45.2 Å². The van der Waals surface area contributed by atoms with Crippen LogP contribution in [-0.2, 0) is 0 Å². The number of nitrogens with zero attached hydrogens (tertiary/aromatic N) is 1. The molecule has 1 saturated heterocycles. The second-order valence-electron chi connectivity index (χ2n) is 6.61. The minimum absolute atomic E-state index is 0.479.